The maximum atomic E-state index is 6.20. The Morgan fingerprint density at radius 2 is 2.09 bits per heavy atom. The van der Waals surface area contributed by atoms with Gasteiger partial charge in [0.05, 0.1) is 10.7 Å². The van der Waals surface area contributed by atoms with E-state index in [1.165, 1.54) is 0 Å². The first kappa shape index (κ1) is 15.4. The van der Waals surface area contributed by atoms with Crippen LogP contribution in [0.5, 0.6) is 5.75 Å². The monoisotopic (exact) mass is 378 g/mol. The zero-order valence-corrected chi connectivity index (χ0v) is 14.7. The molecule has 0 saturated carbocycles. The van der Waals surface area contributed by atoms with Crippen molar-refractivity contribution in [2.75, 3.05) is 5.73 Å². The molecule has 1 unspecified atom stereocenters. The van der Waals surface area contributed by atoms with Crippen molar-refractivity contribution in [2.24, 2.45) is 0 Å². The molecule has 1 aromatic carbocycles. The standard InChI is InChI=1S/C17H16BrClN2O/c1-3-17(2)16(18)15(13-7-4-10(19)9-21-13)12-6-5-11(20)8-14(12)22-17/h4-9H,3,20H2,1-2H3. The molecule has 3 nitrogen and oxygen atoms in total. The van der Waals surface area contributed by atoms with Gasteiger partial charge in [-0.25, -0.2) is 0 Å². The second-order valence-electron chi connectivity index (χ2n) is 5.49. The fourth-order valence-electron chi connectivity index (χ4n) is 2.50. The maximum Gasteiger partial charge on any atom is 0.138 e. The second-order valence-corrected chi connectivity index (χ2v) is 6.72. The van der Waals surface area contributed by atoms with Crippen LogP contribution in [0.3, 0.4) is 0 Å². The van der Waals surface area contributed by atoms with Crippen molar-refractivity contribution >= 4 is 38.8 Å². The molecule has 5 heteroatoms. The number of ether oxygens (including phenoxy) is 1. The Kier molecular flexibility index (Phi) is 3.91. The number of anilines is 1. The number of hydrogen-bond acceptors (Lipinski definition) is 3. The highest BCUT2D eigenvalue weighted by Gasteiger charge is 2.37. The highest BCUT2D eigenvalue weighted by Crippen LogP contribution is 2.47. The number of nitrogens with two attached hydrogens (primary N) is 1. The molecular formula is C17H16BrClN2O. The van der Waals surface area contributed by atoms with Crippen molar-refractivity contribution in [3.8, 4) is 5.75 Å². The van der Waals surface area contributed by atoms with Crippen LogP contribution >= 0.6 is 27.5 Å². The summed E-state index contributed by atoms with van der Waals surface area (Å²) in [5.41, 5.74) is 8.98. The summed E-state index contributed by atoms with van der Waals surface area (Å²) < 4.78 is 7.18. The molecule has 0 fully saturated rings. The lowest BCUT2D eigenvalue weighted by Gasteiger charge is -2.36. The predicted octanol–water partition coefficient (Wildman–Crippen LogP) is 5.03. The lowest BCUT2D eigenvalue weighted by molar-refractivity contribution is 0.129. The van der Waals surface area contributed by atoms with Crippen LogP contribution in [0.1, 0.15) is 31.5 Å². The molecule has 0 bridgehead atoms. The topological polar surface area (TPSA) is 48.1 Å². The molecule has 2 aromatic rings. The van der Waals surface area contributed by atoms with Crippen molar-refractivity contribution < 1.29 is 4.74 Å². The Balaban J connectivity index is 2.27. The van der Waals surface area contributed by atoms with Crippen molar-refractivity contribution in [3.05, 3.63) is 57.3 Å². The summed E-state index contributed by atoms with van der Waals surface area (Å²) in [6.45, 7) is 4.14. The number of nitrogen functional groups attached to an aromatic ring is 1. The van der Waals surface area contributed by atoms with E-state index in [4.69, 9.17) is 22.1 Å². The van der Waals surface area contributed by atoms with Gasteiger partial charge < -0.3 is 10.5 Å². The fourth-order valence-corrected chi connectivity index (χ4v) is 3.39. The minimum absolute atomic E-state index is 0.447. The fraction of sp³-hybridized carbons (Fsp3) is 0.235. The lowest BCUT2D eigenvalue weighted by atomic mass is 9.89. The van der Waals surface area contributed by atoms with Gasteiger partial charge in [-0.1, -0.05) is 34.5 Å². The van der Waals surface area contributed by atoms with E-state index in [-0.39, 0.29) is 0 Å². The summed E-state index contributed by atoms with van der Waals surface area (Å²) in [5.74, 6) is 0.777. The number of aromatic nitrogens is 1. The van der Waals surface area contributed by atoms with Crippen LogP contribution in [-0.2, 0) is 0 Å². The van der Waals surface area contributed by atoms with Gasteiger partial charge in [-0.05, 0) is 37.6 Å². The van der Waals surface area contributed by atoms with Gasteiger partial charge in [-0.15, -0.1) is 0 Å². The van der Waals surface area contributed by atoms with Crippen molar-refractivity contribution in [1.82, 2.24) is 4.98 Å². The van der Waals surface area contributed by atoms with Crippen LogP contribution in [0.25, 0.3) is 5.57 Å². The predicted molar refractivity (Wildman–Crippen MR) is 94.4 cm³/mol. The average Bonchev–Trinajstić information content (AvgIpc) is 2.50. The first-order valence-electron chi connectivity index (χ1n) is 7.05. The Hall–Kier alpha value is -1.52. The smallest absolute Gasteiger partial charge is 0.138 e. The normalized spacial score (nSPS) is 20.5. The quantitative estimate of drug-likeness (QED) is 0.744. The first-order chi connectivity index (χ1) is 10.4. The summed E-state index contributed by atoms with van der Waals surface area (Å²) in [7, 11) is 0. The molecule has 0 aliphatic carbocycles. The minimum atomic E-state index is -0.447. The molecule has 3 rings (SSSR count). The Labute approximate surface area is 143 Å². The van der Waals surface area contributed by atoms with Gasteiger partial charge in [0.25, 0.3) is 0 Å². The number of hydrogen-bond donors (Lipinski definition) is 1. The van der Waals surface area contributed by atoms with E-state index < -0.39 is 5.60 Å². The summed E-state index contributed by atoms with van der Waals surface area (Å²) >= 11 is 9.69. The van der Waals surface area contributed by atoms with Crippen LogP contribution in [-0.4, -0.2) is 10.6 Å². The van der Waals surface area contributed by atoms with Crippen LogP contribution in [0, 0.1) is 0 Å². The van der Waals surface area contributed by atoms with Gasteiger partial charge in [0.1, 0.15) is 11.4 Å². The van der Waals surface area contributed by atoms with Gasteiger partial charge in [0, 0.05) is 33.6 Å². The molecule has 1 aromatic heterocycles. The number of rotatable bonds is 2. The number of halogens is 2. The molecule has 2 heterocycles. The van der Waals surface area contributed by atoms with Crippen LogP contribution in [0.4, 0.5) is 5.69 Å². The molecule has 1 aliphatic heterocycles. The zero-order valence-electron chi connectivity index (χ0n) is 12.4. The summed E-state index contributed by atoms with van der Waals surface area (Å²) in [6.07, 6.45) is 2.47. The van der Waals surface area contributed by atoms with E-state index in [9.17, 15) is 0 Å². The summed E-state index contributed by atoms with van der Waals surface area (Å²) in [5, 5.41) is 0.614. The molecule has 0 radical (unpaired) electrons. The van der Waals surface area contributed by atoms with Crippen molar-refractivity contribution in [2.45, 2.75) is 25.9 Å². The number of pyridine rings is 1. The first-order valence-corrected chi connectivity index (χ1v) is 8.23. The molecular weight excluding hydrogens is 364 g/mol. The van der Waals surface area contributed by atoms with Crippen LogP contribution in [0.2, 0.25) is 5.02 Å². The third-order valence-electron chi connectivity index (χ3n) is 3.95. The highest BCUT2D eigenvalue weighted by molar-refractivity contribution is 9.12. The highest BCUT2D eigenvalue weighted by atomic mass is 79.9. The Morgan fingerprint density at radius 3 is 2.73 bits per heavy atom. The third-order valence-corrected chi connectivity index (χ3v) is 5.41. The van der Waals surface area contributed by atoms with Gasteiger partial charge in [0.2, 0.25) is 0 Å². The molecule has 1 aliphatic rings. The molecule has 0 spiro atoms. The van der Waals surface area contributed by atoms with Crippen LogP contribution in [0.15, 0.2) is 41.0 Å². The van der Waals surface area contributed by atoms with Gasteiger partial charge in [0.15, 0.2) is 0 Å². The summed E-state index contributed by atoms with van der Waals surface area (Å²) in [6, 6.07) is 9.45. The second kappa shape index (κ2) is 5.60. The molecule has 1 atom stereocenters. The Bertz CT molecular complexity index is 758. The average molecular weight is 380 g/mol. The molecule has 0 amide bonds. The number of benzene rings is 1. The van der Waals surface area contributed by atoms with Gasteiger partial charge >= 0.3 is 0 Å². The Morgan fingerprint density at radius 1 is 1.32 bits per heavy atom. The maximum absolute atomic E-state index is 6.20. The minimum Gasteiger partial charge on any atom is -0.482 e. The van der Waals surface area contributed by atoms with Crippen molar-refractivity contribution in [3.63, 3.8) is 0 Å². The van der Waals surface area contributed by atoms with E-state index >= 15 is 0 Å². The van der Waals surface area contributed by atoms with Gasteiger partial charge in [-0.3, -0.25) is 4.98 Å². The third kappa shape index (κ3) is 2.50. The molecule has 114 valence electrons. The van der Waals surface area contributed by atoms with Crippen molar-refractivity contribution in [1.29, 1.82) is 0 Å². The van der Waals surface area contributed by atoms with Gasteiger partial charge in [-0.2, -0.15) is 0 Å². The van der Waals surface area contributed by atoms with Crippen LogP contribution < -0.4 is 10.5 Å². The van der Waals surface area contributed by atoms with E-state index in [0.29, 0.717) is 10.7 Å². The zero-order chi connectivity index (χ0) is 15.9. The van der Waals surface area contributed by atoms with E-state index in [0.717, 1.165) is 33.5 Å². The SMILES string of the molecule is CCC1(C)Oc2cc(N)ccc2C(c2ccc(Cl)cn2)=C1Br. The van der Waals surface area contributed by atoms with E-state index in [2.05, 4.69) is 34.8 Å². The lowest BCUT2D eigenvalue weighted by Crippen LogP contribution is -2.35. The van der Waals surface area contributed by atoms with E-state index in [1.807, 2.05) is 30.3 Å². The molecule has 0 saturated heterocycles. The summed E-state index contributed by atoms with van der Waals surface area (Å²) in [4.78, 5) is 4.47. The number of fused-ring (bicyclic) bond motifs is 1. The largest absolute Gasteiger partial charge is 0.482 e. The molecule has 22 heavy (non-hydrogen) atoms. The molecule has 2 N–H and O–H groups in total. The number of nitrogens with zero attached hydrogens (tertiary/aromatic N) is 1. The van der Waals surface area contributed by atoms with E-state index in [1.54, 1.807) is 6.20 Å².